The molecule has 4 aromatic rings. The predicted molar refractivity (Wildman–Crippen MR) is 112 cm³/mol. The highest BCUT2D eigenvalue weighted by Crippen LogP contribution is 2.37. The lowest BCUT2D eigenvalue weighted by Gasteiger charge is -2.11. The van der Waals surface area contributed by atoms with Crippen LogP contribution in [0, 0.1) is 11.3 Å². The number of aromatic nitrogens is 1. The first-order valence-electron chi connectivity index (χ1n) is 9.32. The number of hydrogen-bond acceptors (Lipinski definition) is 5. The molecule has 0 unspecified atom stereocenters. The Hall–Kier alpha value is -4.04. The van der Waals surface area contributed by atoms with Crippen molar-refractivity contribution in [3.05, 3.63) is 78.5 Å². The van der Waals surface area contributed by atoms with E-state index >= 15 is 0 Å². The maximum Gasteiger partial charge on any atom is 0.231 e. The maximum atomic E-state index is 8.83. The second-order valence-corrected chi connectivity index (χ2v) is 6.82. The third kappa shape index (κ3) is 3.32. The van der Waals surface area contributed by atoms with Crippen molar-refractivity contribution in [2.75, 3.05) is 12.1 Å². The zero-order chi connectivity index (χ0) is 19.6. The van der Waals surface area contributed by atoms with Gasteiger partial charge in [-0.05, 0) is 59.2 Å². The molecule has 0 atom stereocenters. The van der Waals surface area contributed by atoms with Crippen molar-refractivity contribution < 1.29 is 9.47 Å². The van der Waals surface area contributed by atoms with Crippen LogP contribution in [-0.2, 0) is 6.42 Å². The fraction of sp³-hybridized carbons (Fsp3) is 0.0833. The molecule has 140 valence electrons. The zero-order valence-corrected chi connectivity index (χ0v) is 15.6. The van der Waals surface area contributed by atoms with E-state index in [1.807, 2.05) is 54.6 Å². The lowest BCUT2D eigenvalue weighted by atomic mass is 10.0. The van der Waals surface area contributed by atoms with Crippen LogP contribution in [0.1, 0.15) is 5.56 Å². The number of rotatable bonds is 4. The molecule has 2 heterocycles. The summed E-state index contributed by atoms with van der Waals surface area (Å²) in [6, 6.07) is 24.2. The summed E-state index contributed by atoms with van der Waals surface area (Å²) in [5.41, 5.74) is 6.00. The smallest absolute Gasteiger partial charge is 0.231 e. The first-order chi connectivity index (χ1) is 14.3. The Balaban J connectivity index is 1.51. The Morgan fingerprint density at radius 2 is 1.69 bits per heavy atom. The van der Waals surface area contributed by atoms with E-state index < -0.39 is 0 Å². The number of fused-ring (bicyclic) bond motifs is 2. The van der Waals surface area contributed by atoms with Crippen LogP contribution in [0.3, 0.4) is 0 Å². The summed E-state index contributed by atoms with van der Waals surface area (Å²) in [7, 11) is 0. The summed E-state index contributed by atoms with van der Waals surface area (Å²) in [4.78, 5) is 4.49. The molecular weight excluding hydrogens is 362 g/mol. The number of hydrogen-bond donors (Lipinski definition) is 1. The van der Waals surface area contributed by atoms with Crippen LogP contribution in [0.4, 0.5) is 11.4 Å². The molecule has 0 saturated heterocycles. The number of nitriles is 1. The van der Waals surface area contributed by atoms with Crippen LogP contribution in [0.15, 0.2) is 72.9 Å². The molecule has 3 aromatic carbocycles. The highest BCUT2D eigenvalue weighted by atomic mass is 16.7. The number of ether oxygens (including phenoxy) is 2. The van der Waals surface area contributed by atoms with Crippen molar-refractivity contribution in [1.29, 1.82) is 5.26 Å². The van der Waals surface area contributed by atoms with Crippen LogP contribution < -0.4 is 14.8 Å². The van der Waals surface area contributed by atoms with Gasteiger partial charge < -0.3 is 14.8 Å². The van der Waals surface area contributed by atoms with Gasteiger partial charge in [-0.25, -0.2) is 0 Å². The first kappa shape index (κ1) is 17.1. The molecule has 0 bridgehead atoms. The number of benzene rings is 3. The Labute approximate surface area is 168 Å². The Bertz CT molecular complexity index is 1240. The average Bonchev–Trinajstić information content (AvgIpc) is 3.23. The normalized spacial score (nSPS) is 12.0. The summed E-state index contributed by atoms with van der Waals surface area (Å²) in [5, 5.41) is 13.3. The van der Waals surface area contributed by atoms with Gasteiger partial charge in [-0.1, -0.05) is 24.3 Å². The van der Waals surface area contributed by atoms with Crippen LogP contribution in [0.25, 0.3) is 22.0 Å². The molecule has 0 saturated carbocycles. The van der Waals surface area contributed by atoms with Gasteiger partial charge in [0.15, 0.2) is 11.5 Å². The minimum atomic E-state index is 0.266. The quantitative estimate of drug-likeness (QED) is 0.511. The number of nitrogens with one attached hydrogen (secondary N) is 1. The standard InChI is InChI=1S/C24H17N3O2/c25-11-9-16-1-5-19(6-2-16)27-22-10-12-26-21-7-3-17(13-20(21)22)18-4-8-23-24(14-18)29-15-28-23/h1-8,10,12-14H,9,15H2,(H,26,27). The van der Waals surface area contributed by atoms with Gasteiger partial charge in [-0.15, -0.1) is 0 Å². The summed E-state index contributed by atoms with van der Waals surface area (Å²) in [5.74, 6) is 1.54. The molecule has 5 rings (SSSR count). The second kappa shape index (κ2) is 7.17. The van der Waals surface area contributed by atoms with Crippen LogP contribution in [-0.4, -0.2) is 11.8 Å². The van der Waals surface area contributed by atoms with Gasteiger partial charge >= 0.3 is 0 Å². The largest absolute Gasteiger partial charge is 0.454 e. The molecule has 0 spiro atoms. The summed E-state index contributed by atoms with van der Waals surface area (Å²) in [6.45, 7) is 0.266. The first-order valence-corrected chi connectivity index (χ1v) is 9.32. The van der Waals surface area contributed by atoms with Gasteiger partial charge in [-0.2, -0.15) is 5.26 Å². The van der Waals surface area contributed by atoms with Gasteiger partial charge in [0.05, 0.1) is 18.0 Å². The van der Waals surface area contributed by atoms with E-state index in [-0.39, 0.29) is 6.79 Å². The van der Waals surface area contributed by atoms with E-state index in [4.69, 9.17) is 14.7 Å². The van der Waals surface area contributed by atoms with Crippen LogP contribution >= 0.6 is 0 Å². The topological polar surface area (TPSA) is 67.2 Å². The van der Waals surface area contributed by atoms with Crippen molar-refractivity contribution in [3.63, 3.8) is 0 Å². The minimum absolute atomic E-state index is 0.266. The molecule has 1 aliphatic rings. The van der Waals surface area contributed by atoms with Crippen LogP contribution in [0.5, 0.6) is 11.5 Å². The van der Waals surface area contributed by atoms with E-state index in [1.54, 1.807) is 6.20 Å². The predicted octanol–water partition coefficient (Wildman–Crippen LogP) is 5.44. The van der Waals surface area contributed by atoms with Crippen molar-refractivity contribution in [1.82, 2.24) is 4.98 Å². The van der Waals surface area contributed by atoms with E-state index in [0.29, 0.717) is 6.42 Å². The maximum absolute atomic E-state index is 8.83. The van der Waals surface area contributed by atoms with Gasteiger partial charge in [0.25, 0.3) is 0 Å². The molecule has 29 heavy (non-hydrogen) atoms. The highest BCUT2D eigenvalue weighted by Gasteiger charge is 2.14. The number of nitrogens with zero attached hydrogens (tertiary/aromatic N) is 2. The third-order valence-corrected chi connectivity index (χ3v) is 4.96. The van der Waals surface area contributed by atoms with Crippen LogP contribution in [0.2, 0.25) is 0 Å². The fourth-order valence-electron chi connectivity index (χ4n) is 3.46. The number of anilines is 2. The van der Waals surface area contributed by atoms with Gasteiger partial charge in [-0.3, -0.25) is 4.98 Å². The van der Waals surface area contributed by atoms with Crippen molar-refractivity contribution in [2.45, 2.75) is 6.42 Å². The van der Waals surface area contributed by atoms with E-state index in [2.05, 4.69) is 28.5 Å². The molecule has 0 amide bonds. The lowest BCUT2D eigenvalue weighted by Crippen LogP contribution is -1.93. The molecule has 1 aliphatic heterocycles. The Morgan fingerprint density at radius 1 is 0.897 bits per heavy atom. The van der Waals surface area contributed by atoms with Crippen molar-refractivity contribution >= 4 is 22.3 Å². The molecule has 1 aromatic heterocycles. The molecule has 5 nitrogen and oxygen atoms in total. The summed E-state index contributed by atoms with van der Waals surface area (Å²) >= 11 is 0. The molecular formula is C24H17N3O2. The van der Waals surface area contributed by atoms with E-state index in [0.717, 1.165) is 50.5 Å². The molecule has 0 fully saturated rings. The second-order valence-electron chi connectivity index (χ2n) is 6.82. The van der Waals surface area contributed by atoms with E-state index in [1.165, 1.54) is 0 Å². The molecule has 5 heteroatoms. The Kier molecular flexibility index (Phi) is 4.23. The van der Waals surface area contributed by atoms with Gasteiger partial charge in [0.1, 0.15) is 0 Å². The zero-order valence-electron chi connectivity index (χ0n) is 15.6. The van der Waals surface area contributed by atoms with Crippen molar-refractivity contribution in [3.8, 4) is 28.7 Å². The third-order valence-electron chi connectivity index (χ3n) is 4.96. The molecule has 0 radical (unpaired) electrons. The SMILES string of the molecule is N#CCc1ccc(Nc2ccnc3ccc(-c4ccc5c(c4)OCO5)cc23)cc1. The minimum Gasteiger partial charge on any atom is -0.454 e. The Morgan fingerprint density at radius 3 is 2.55 bits per heavy atom. The molecule has 1 N–H and O–H groups in total. The van der Waals surface area contributed by atoms with Crippen molar-refractivity contribution in [2.24, 2.45) is 0 Å². The summed E-state index contributed by atoms with van der Waals surface area (Å²) in [6.07, 6.45) is 2.21. The summed E-state index contributed by atoms with van der Waals surface area (Å²) < 4.78 is 10.9. The monoisotopic (exact) mass is 379 g/mol. The molecule has 0 aliphatic carbocycles. The average molecular weight is 379 g/mol. The van der Waals surface area contributed by atoms with Gasteiger partial charge in [0.2, 0.25) is 6.79 Å². The van der Waals surface area contributed by atoms with Gasteiger partial charge in [0, 0.05) is 23.0 Å². The fourth-order valence-corrected chi connectivity index (χ4v) is 3.46. The number of pyridine rings is 1. The highest BCUT2D eigenvalue weighted by molar-refractivity contribution is 5.95. The van der Waals surface area contributed by atoms with E-state index in [9.17, 15) is 0 Å². The lowest BCUT2D eigenvalue weighted by molar-refractivity contribution is 0.174.